The normalized spacial score (nSPS) is 13.2. The van der Waals surface area contributed by atoms with Crippen LogP contribution in [0.3, 0.4) is 0 Å². The fraction of sp³-hybridized carbons (Fsp3) is 0.229. The molecule has 1 fully saturated rings. The Morgan fingerprint density at radius 2 is 1.21 bits per heavy atom. The first-order valence-electron chi connectivity index (χ1n) is 13.7. The summed E-state index contributed by atoms with van der Waals surface area (Å²) in [7, 11) is 0. The fourth-order valence-corrected chi connectivity index (χ4v) is 5.26. The lowest BCUT2D eigenvalue weighted by Crippen LogP contribution is -2.25. The smallest absolute Gasteiger partial charge is 0.170 e. The molecule has 0 atom stereocenters. The number of aromatic nitrogens is 1. The van der Waals surface area contributed by atoms with Gasteiger partial charge in [-0.2, -0.15) is 0 Å². The Balaban J connectivity index is 1.18. The van der Waals surface area contributed by atoms with Gasteiger partial charge in [0.1, 0.15) is 0 Å². The van der Waals surface area contributed by atoms with Gasteiger partial charge in [0.05, 0.1) is 5.69 Å². The van der Waals surface area contributed by atoms with E-state index in [1.54, 1.807) is 0 Å². The summed E-state index contributed by atoms with van der Waals surface area (Å²) in [6, 6.07) is 39.2. The van der Waals surface area contributed by atoms with Crippen LogP contribution in [0, 0.1) is 6.92 Å². The summed E-state index contributed by atoms with van der Waals surface area (Å²) >= 11 is 0. The molecule has 1 aromatic heterocycles. The second-order valence-electron chi connectivity index (χ2n) is 10.5. The quantitative estimate of drug-likeness (QED) is 0.193. The number of hydrogen-bond donors (Lipinski definition) is 0. The molecular weight excluding hydrogens is 464 g/mol. The molecule has 1 aliphatic carbocycles. The van der Waals surface area contributed by atoms with Crippen molar-refractivity contribution >= 4 is 0 Å². The van der Waals surface area contributed by atoms with Crippen LogP contribution in [0.5, 0.6) is 0 Å². The maximum absolute atomic E-state index is 5.88. The van der Waals surface area contributed by atoms with Crippen LogP contribution < -0.4 is 0 Å². The van der Waals surface area contributed by atoms with Gasteiger partial charge in [0.25, 0.3) is 0 Å². The van der Waals surface area contributed by atoms with Crippen molar-refractivity contribution in [3.63, 3.8) is 0 Å². The summed E-state index contributed by atoms with van der Waals surface area (Å²) in [5.41, 5.74) is 9.85. The minimum absolute atomic E-state index is 0.788. The van der Waals surface area contributed by atoms with E-state index in [0.717, 1.165) is 49.0 Å². The molecule has 0 spiro atoms. The van der Waals surface area contributed by atoms with Gasteiger partial charge in [-0.05, 0) is 59.9 Å². The number of hydrogen-bond acceptors (Lipinski definition) is 3. The number of aryl methyl sites for hydroxylation is 1. The molecule has 1 saturated carbocycles. The number of nitrogens with zero attached hydrogens (tertiary/aromatic N) is 2. The van der Waals surface area contributed by atoms with Crippen LogP contribution in [0.4, 0.5) is 0 Å². The molecule has 6 rings (SSSR count). The molecule has 1 heterocycles. The average Bonchev–Trinajstić information content (AvgIpc) is 3.75. The zero-order chi connectivity index (χ0) is 25.7. The van der Waals surface area contributed by atoms with Gasteiger partial charge < -0.3 is 4.52 Å². The van der Waals surface area contributed by atoms with Gasteiger partial charge in [-0.25, -0.2) is 0 Å². The van der Waals surface area contributed by atoms with E-state index >= 15 is 0 Å². The Morgan fingerprint density at radius 3 is 1.76 bits per heavy atom. The molecule has 0 unspecified atom stereocenters. The highest BCUT2D eigenvalue weighted by molar-refractivity contribution is 5.70. The fourth-order valence-electron chi connectivity index (χ4n) is 5.26. The minimum Gasteiger partial charge on any atom is -0.356 e. The molecule has 1 aliphatic rings. The van der Waals surface area contributed by atoms with Gasteiger partial charge in [-0.3, -0.25) is 4.90 Å². The maximum atomic E-state index is 5.88. The van der Waals surface area contributed by atoms with E-state index in [9.17, 15) is 0 Å². The summed E-state index contributed by atoms with van der Waals surface area (Å²) in [6.07, 6.45) is 3.56. The lowest BCUT2D eigenvalue weighted by molar-refractivity contribution is 0.260. The molecule has 0 saturated heterocycles. The second kappa shape index (κ2) is 11.2. The largest absolute Gasteiger partial charge is 0.356 e. The van der Waals surface area contributed by atoms with E-state index in [2.05, 4.69) is 126 Å². The summed E-state index contributed by atoms with van der Waals surface area (Å²) < 4.78 is 5.88. The van der Waals surface area contributed by atoms with E-state index in [0.29, 0.717) is 0 Å². The SMILES string of the molecule is Cc1noc(-c2ccc(-c3ccc(C4CC4)cc3)cc2)c1CCN(Cc1ccccc1)Cc1ccccc1. The molecule has 3 heteroatoms. The standard InChI is InChI=1S/C35H34N2O/c1-26-34(22-23-37(24-27-8-4-2-5-9-27)25-28-10-6-3-7-11-28)35(38-36-26)33-20-18-32(19-21-33)31-16-14-30(15-17-31)29-12-13-29/h2-11,14-21,29H,12-13,22-25H2,1H3. The number of benzene rings is 4. The molecular formula is C35H34N2O. The third-order valence-corrected chi connectivity index (χ3v) is 7.60. The highest BCUT2D eigenvalue weighted by atomic mass is 16.5. The lowest BCUT2D eigenvalue weighted by Gasteiger charge is -2.23. The van der Waals surface area contributed by atoms with Crippen LogP contribution in [-0.4, -0.2) is 16.6 Å². The van der Waals surface area contributed by atoms with E-state index in [4.69, 9.17) is 4.52 Å². The van der Waals surface area contributed by atoms with E-state index < -0.39 is 0 Å². The van der Waals surface area contributed by atoms with Crippen LogP contribution in [0.2, 0.25) is 0 Å². The zero-order valence-corrected chi connectivity index (χ0v) is 22.0. The molecule has 0 bridgehead atoms. The first kappa shape index (κ1) is 24.4. The van der Waals surface area contributed by atoms with Crippen LogP contribution in [0.15, 0.2) is 114 Å². The zero-order valence-electron chi connectivity index (χ0n) is 22.0. The molecule has 0 radical (unpaired) electrons. The van der Waals surface area contributed by atoms with E-state index in [1.165, 1.54) is 46.2 Å². The van der Waals surface area contributed by atoms with Crippen molar-refractivity contribution in [2.24, 2.45) is 0 Å². The van der Waals surface area contributed by atoms with Gasteiger partial charge in [-0.1, -0.05) is 114 Å². The highest BCUT2D eigenvalue weighted by Crippen LogP contribution is 2.40. The van der Waals surface area contributed by atoms with Crippen molar-refractivity contribution in [2.45, 2.75) is 45.2 Å². The minimum atomic E-state index is 0.788. The highest BCUT2D eigenvalue weighted by Gasteiger charge is 2.23. The molecule has 4 aromatic carbocycles. The summed E-state index contributed by atoms with van der Waals surface area (Å²) in [5, 5.41) is 4.36. The first-order chi connectivity index (χ1) is 18.7. The molecule has 5 aromatic rings. The molecule has 0 aliphatic heterocycles. The van der Waals surface area contributed by atoms with Gasteiger partial charge in [-0.15, -0.1) is 0 Å². The molecule has 0 amide bonds. The summed E-state index contributed by atoms with van der Waals surface area (Å²) in [5.74, 6) is 1.67. The van der Waals surface area contributed by atoms with Crippen molar-refractivity contribution in [1.29, 1.82) is 0 Å². The van der Waals surface area contributed by atoms with E-state index in [1.807, 2.05) is 0 Å². The van der Waals surface area contributed by atoms with Crippen molar-refractivity contribution in [3.8, 4) is 22.5 Å². The Labute approximate surface area is 225 Å². The Morgan fingerprint density at radius 1 is 0.684 bits per heavy atom. The molecule has 3 nitrogen and oxygen atoms in total. The predicted octanol–water partition coefficient (Wildman–Crippen LogP) is 8.44. The van der Waals surface area contributed by atoms with Crippen molar-refractivity contribution in [1.82, 2.24) is 10.1 Å². The van der Waals surface area contributed by atoms with Crippen molar-refractivity contribution < 1.29 is 4.52 Å². The Hall–Kier alpha value is -3.95. The second-order valence-corrected chi connectivity index (χ2v) is 10.5. The maximum Gasteiger partial charge on any atom is 0.170 e. The van der Waals surface area contributed by atoms with Gasteiger partial charge in [0.15, 0.2) is 5.76 Å². The third-order valence-electron chi connectivity index (χ3n) is 7.60. The Kier molecular flexibility index (Phi) is 7.19. The first-order valence-corrected chi connectivity index (χ1v) is 13.7. The predicted molar refractivity (Wildman–Crippen MR) is 155 cm³/mol. The van der Waals surface area contributed by atoms with Gasteiger partial charge in [0.2, 0.25) is 0 Å². The lowest BCUT2D eigenvalue weighted by atomic mass is 9.99. The van der Waals surface area contributed by atoms with Crippen LogP contribution >= 0.6 is 0 Å². The average molecular weight is 499 g/mol. The van der Waals surface area contributed by atoms with Crippen molar-refractivity contribution in [2.75, 3.05) is 6.54 Å². The van der Waals surface area contributed by atoms with Crippen LogP contribution in [0.1, 0.15) is 46.7 Å². The van der Waals surface area contributed by atoms with Crippen molar-refractivity contribution in [3.05, 3.63) is 137 Å². The van der Waals surface area contributed by atoms with E-state index in [-0.39, 0.29) is 0 Å². The Bertz CT molecular complexity index is 1410. The molecule has 0 N–H and O–H groups in total. The van der Waals surface area contributed by atoms with Gasteiger partial charge >= 0.3 is 0 Å². The topological polar surface area (TPSA) is 29.3 Å². The number of rotatable bonds is 10. The third kappa shape index (κ3) is 5.79. The summed E-state index contributed by atoms with van der Waals surface area (Å²) in [6.45, 7) is 4.79. The van der Waals surface area contributed by atoms with Gasteiger partial charge in [0, 0.05) is 30.8 Å². The monoisotopic (exact) mass is 498 g/mol. The molecule has 38 heavy (non-hydrogen) atoms. The molecule has 190 valence electrons. The summed E-state index contributed by atoms with van der Waals surface area (Å²) in [4.78, 5) is 2.51. The van der Waals surface area contributed by atoms with Crippen LogP contribution in [-0.2, 0) is 19.5 Å². The van der Waals surface area contributed by atoms with Crippen LogP contribution in [0.25, 0.3) is 22.5 Å².